The zero-order valence-corrected chi connectivity index (χ0v) is 19.9. The Morgan fingerprint density at radius 3 is 2.47 bits per heavy atom. The predicted molar refractivity (Wildman–Crippen MR) is 126 cm³/mol. The zero-order chi connectivity index (χ0) is 23.9. The fourth-order valence-corrected chi connectivity index (χ4v) is 4.87. The summed E-state index contributed by atoms with van der Waals surface area (Å²) < 4.78 is 24.8. The molecule has 4 rings (SSSR count). The normalized spacial score (nSPS) is 17.3. The van der Waals surface area contributed by atoms with E-state index in [0.717, 1.165) is 24.2 Å². The Hall–Kier alpha value is -2.87. The van der Waals surface area contributed by atoms with Gasteiger partial charge >= 0.3 is 6.09 Å². The first kappa shape index (κ1) is 24.3. The molecule has 1 aliphatic carbocycles. The third kappa shape index (κ3) is 6.17. The summed E-state index contributed by atoms with van der Waals surface area (Å²) in [5.74, 6) is 0.656. The molecule has 7 nitrogen and oxygen atoms in total. The first-order valence-corrected chi connectivity index (χ1v) is 12.3. The van der Waals surface area contributed by atoms with Gasteiger partial charge in [-0.25, -0.2) is 9.18 Å². The van der Waals surface area contributed by atoms with E-state index in [1.165, 1.54) is 25.3 Å². The first-order chi connectivity index (χ1) is 16.5. The fourth-order valence-electron chi connectivity index (χ4n) is 4.87. The van der Waals surface area contributed by atoms with Crippen LogP contribution in [0.5, 0.6) is 0 Å². The second kappa shape index (κ2) is 11.5. The van der Waals surface area contributed by atoms with Gasteiger partial charge in [0.15, 0.2) is 5.76 Å². The van der Waals surface area contributed by atoms with Crippen molar-refractivity contribution >= 4 is 12.0 Å². The Kier molecular flexibility index (Phi) is 8.21. The predicted octanol–water partition coefficient (Wildman–Crippen LogP) is 4.67. The molecule has 0 spiro atoms. The van der Waals surface area contributed by atoms with Crippen molar-refractivity contribution in [3.63, 3.8) is 0 Å². The van der Waals surface area contributed by atoms with Crippen LogP contribution in [-0.4, -0.2) is 65.5 Å². The molecule has 1 aliphatic heterocycles. The van der Waals surface area contributed by atoms with Crippen LogP contribution >= 0.6 is 0 Å². The number of nitrogens with zero attached hydrogens (tertiary/aromatic N) is 3. The number of ether oxygens (including phenoxy) is 1. The van der Waals surface area contributed by atoms with E-state index in [-0.39, 0.29) is 17.8 Å². The molecule has 2 aromatic rings. The Bertz CT molecular complexity index is 964. The summed E-state index contributed by atoms with van der Waals surface area (Å²) in [4.78, 5) is 30.5. The standard InChI is InChI=1S/C26H34FN3O4/c1-2-33-26(32)29-15-13-28(14-16-29)25(31)24-12-11-23(34-24)19-30(22-9-4-3-5-10-22)18-20-7-6-8-21(27)17-20/h6-8,11-12,17,22H,2-5,9-10,13-16,18-19H2,1H3. The van der Waals surface area contributed by atoms with Gasteiger partial charge < -0.3 is 19.0 Å². The number of piperazine rings is 1. The van der Waals surface area contributed by atoms with E-state index in [2.05, 4.69) is 4.90 Å². The third-order valence-electron chi connectivity index (χ3n) is 6.69. The average molecular weight is 472 g/mol. The highest BCUT2D eigenvalue weighted by molar-refractivity contribution is 5.91. The number of carbonyl (C=O) groups excluding carboxylic acids is 2. The van der Waals surface area contributed by atoms with E-state index in [4.69, 9.17) is 9.15 Å². The molecule has 0 bridgehead atoms. The number of amides is 2. The Morgan fingerprint density at radius 1 is 1.03 bits per heavy atom. The maximum absolute atomic E-state index is 13.8. The van der Waals surface area contributed by atoms with Gasteiger partial charge in [-0.15, -0.1) is 0 Å². The molecule has 2 amide bonds. The van der Waals surface area contributed by atoms with Crippen LogP contribution in [0.4, 0.5) is 9.18 Å². The molecule has 1 aromatic heterocycles. The van der Waals surface area contributed by atoms with Crippen LogP contribution in [-0.2, 0) is 17.8 Å². The second-order valence-electron chi connectivity index (χ2n) is 9.07. The van der Waals surface area contributed by atoms with Crippen molar-refractivity contribution in [2.45, 2.75) is 58.2 Å². The van der Waals surface area contributed by atoms with Crippen molar-refractivity contribution in [3.05, 3.63) is 59.3 Å². The lowest BCUT2D eigenvalue weighted by atomic mass is 9.93. The van der Waals surface area contributed by atoms with Crippen LogP contribution in [0, 0.1) is 5.82 Å². The average Bonchev–Trinajstić information content (AvgIpc) is 3.32. The lowest BCUT2D eigenvalue weighted by Crippen LogP contribution is -2.50. The van der Waals surface area contributed by atoms with Crippen LogP contribution in [0.15, 0.2) is 40.8 Å². The highest BCUT2D eigenvalue weighted by Crippen LogP contribution is 2.26. The minimum atomic E-state index is -0.337. The number of rotatable bonds is 7. The molecule has 0 N–H and O–H groups in total. The summed E-state index contributed by atoms with van der Waals surface area (Å²) in [6.07, 6.45) is 5.55. The molecule has 184 valence electrons. The van der Waals surface area contributed by atoms with Crippen molar-refractivity contribution in [1.29, 1.82) is 0 Å². The molecule has 8 heteroatoms. The maximum atomic E-state index is 13.8. The third-order valence-corrected chi connectivity index (χ3v) is 6.69. The minimum Gasteiger partial charge on any atom is -0.455 e. The fraction of sp³-hybridized carbons (Fsp3) is 0.538. The van der Waals surface area contributed by atoms with Crippen molar-refractivity contribution in [3.8, 4) is 0 Å². The number of furan rings is 1. The number of halogens is 1. The molecule has 2 aliphatic rings. The van der Waals surface area contributed by atoms with Gasteiger partial charge in [-0.3, -0.25) is 9.69 Å². The molecule has 2 fully saturated rings. The first-order valence-electron chi connectivity index (χ1n) is 12.3. The van der Waals surface area contributed by atoms with E-state index in [9.17, 15) is 14.0 Å². The van der Waals surface area contributed by atoms with Gasteiger partial charge in [0.1, 0.15) is 11.6 Å². The van der Waals surface area contributed by atoms with Crippen molar-refractivity contribution < 1.29 is 23.1 Å². The van der Waals surface area contributed by atoms with Crippen LogP contribution in [0.2, 0.25) is 0 Å². The van der Waals surface area contributed by atoms with Crippen molar-refractivity contribution in [2.75, 3.05) is 32.8 Å². The highest BCUT2D eigenvalue weighted by atomic mass is 19.1. The van der Waals surface area contributed by atoms with Gasteiger partial charge in [0.05, 0.1) is 13.2 Å². The number of hydrogen-bond acceptors (Lipinski definition) is 5. The lowest BCUT2D eigenvalue weighted by Gasteiger charge is -2.34. The van der Waals surface area contributed by atoms with E-state index >= 15 is 0 Å². The van der Waals surface area contributed by atoms with Crippen LogP contribution in [0.25, 0.3) is 0 Å². The van der Waals surface area contributed by atoms with E-state index < -0.39 is 0 Å². The quantitative estimate of drug-likeness (QED) is 0.587. The van der Waals surface area contributed by atoms with Crippen LogP contribution in [0.3, 0.4) is 0 Å². The SMILES string of the molecule is CCOC(=O)N1CCN(C(=O)c2ccc(CN(Cc3cccc(F)c3)C3CCCCC3)o2)CC1. The van der Waals surface area contributed by atoms with Crippen molar-refractivity contribution in [1.82, 2.24) is 14.7 Å². The Labute approximate surface area is 200 Å². The molecule has 1 aromatic carbocycles. The molecule has 1 saturated heterocycles. The number of carbonyl (C=O) groups is 2. The van der Waals surface area contributed by atoms with E-state index in [0.29, 0.717) is 57.7 Å². The molecular weight excluding hydrogens is 437 g/mol. The summed E-state index contributed by atoms with van der Waals surface area (Å²) >= 11 is 0. The van der Waals surface area contributed by atoms with Crippen LogP contribution in [0.1, 0.15) is 60.9 Å². The van der Waals surface area contributed by atoms with Crippen LogP contribution < -0.4 is 0 Å². The largest absolute Gasteiger partial charge is 0.455 e. The summed E-state index contributed by atoms with van der Waals surface area (Å²) in [7, 11) is 0. The maximum Gasteiger partial charge on any atom is 0.409 e. The van der Waals surface area contributed by atoms with Gasteiger partial charge in [-0.2, -0.15) is 0 Å². The Morgan fingerprint density at radius 2 is 1.76 bits per heavy atom. The van der Waals surface area contributed by atoms with Gasteiger partial charge in [-0.05, 0) is 49.6 Å². The second-order valence-corrected chi connectivity index (χ2v) is 9.07. The zero-order valence-electron chi connectivity index (χ0n) is 19.9. The molecule has 0 unspecified atom stereocenters. The molecule has 1 saturated carbocycles. The van der Waals surface area contributed by atoms with Gasteiger partial charge in [0.2, 0.25) is 0 Å². The smallest absolute Gasteiger partial charge is 0.409 e. The molecule has 0 radical (unpaired) electrons. The van der Waals surface area contributed by atoms with E-state index in [1.807, 2.05) is 12.1 Å². The summed E-state index contributed by atoms with van der Waals surface area (Å²) in [6.45, 7) is 5.11. The van der Waals surface area contributed by atoms with Gasteiger partial charge in [0.25, 0.3) is 5.91 Å². The lowest BCUT2D eigenvalue weighted by molar-refractivity contribution is 0.0542. The highest BCUT2D eigenvalue weighted by Gasteiger charge is 2.28. The summed E-state index contributed by atoms with van der Waals surface area (Å²) in [5.41, 5.74) is 0.938. The number of benzene rings is 1. The molecule has 2 heterocycles. The summed E-state index contributed by atoms with van der Waals surface area (Å²) in [5, 5.41) is 0. The minimum absolute atomic E-state index is 0.163. The van der Waals surface area contributed by atoms with Gasteiger partial charge in [0, 0.05) is 38.8 Å². The monoisotopic (exact) mass is 471 g/mol. The van der Waals surface area contributed by atoms with Gasteiger partial charge in [-0.1, -0.05) is 31.4 Å². The summed E-state index contributed by atoms with van der Waals surface area (Å²) in [6, 6.07) is 10.8. The number of hydrogen-bond donors (Lipinski definition) is 0. The molecule has 0 atom stereocenters. The Balaban J connectivity index is 1.39. The van der Waals surface area contributed by atoms with E-state index in [1.54, 1.807) is 34.9 Å². The van der Waals surface area contributed by atoms with Crippen molar-refractivity contribution in [2.24, 2.45) is 0 Å². The topological polar surface area (TPSA) is 66.2 Å². The molecule has 34 heavy (non-hydrogen) atoms. The molecular formula is C26H34FN3O4.